The fourth-order valence-electron chi connectivity index (χ4n) is 0.472. The Labute approximate surface area is 67.2 Å². The largest absolute Gasteiger partial charge is 0.0985 e. The van der Waals surface area contributed by atoms with Gasteiger partial charge in [0.05, 0.1) is 0 Å². The molecule has 0 spiro atoms. The first-order valence-corrected chi connectivity index (χ1v) is 3.51. The van der Waals surface area contributed by atoms with Crippen LogP contribution in [0.3, 0.4) is 0 Å². The van der Waals surface area contributed by atoms with Gasteiger partial charge < -0.3 is 0 Å². The third-order valence-corrected chi connectivity index (χ3v) is 1.10. The Balaban J connectivity index is 4.17. The average molecular weight is 155 g/mol. The molecule has 1 heteroatoms. The third kappa shape index (κ3) is 4.16. The van der Waals surface area contributed by atoms with E-state index in [-0.39, 0.29) is 0 Å². The molecule has 0 saturated heterocycles. The van der Waals surface area contributed by atoms with Crippen molar-refractivity contribution < 1.29 is 0 Å². The van der Waals surface area contributed by atoms with Crippen molar-refractivity contribution in [2.75, 3.05) is 0 Å². The van der Waals surface area contributed by atoms with E-state index in [0.29, 0.717) is 0 Å². The van der Waals surface area contributed by atoms with Crippen LogP contribution >= 0.6 is 11.6 Å². The number of allylic oxidation sites excluding steroid dienone is 6. The van der Waals surface area contributed by atoms with E-state index in [0.717, 1.165) is 5.57 Å². The van der Waals surface area contributed by atoms with Gasteiger partial charge >= 0.3 is 0 Å². The number of halogens is 1. The summed E-state index contributed by atoms with van der Waals surface area (Å²) < 4.78 is 0. The molecule has 0 unspecified atom stereocenters. The van der Waals surface area contributed by atoms with Gasteiger partial charge in [-0.3, -0.25) is 0 Å². The highest BCUT2D eigenvalue weighted by Gasteiger charge is 1.77. The van der Waals surface area contributed by atoms with E-state index < -0.39 is 0 Å². The van der Waals surface area contributed by atoms with Crippen LogP contribution in [-0.2, 0) is 0 Å². The summed E-state index contributed by atoms with van der Waals surface area (Å²) in [5.74, 6) is 0. The van der Waals surface area contributed by atoms with Gasteiger partial charge in [0, 0.05) is 5.54 Å². The maximum absolute atomic E-state index is 5.36. The van der Waals surface area contributed by atoms with E-state index in [4.69, 9.17) is 11.6 Å². The van der Waals surface area contributed by atoms with Gasteiger partial charge in [0.25, 0.3) is 0 Å². The fourth-order valence-corrected chi connectivity index (χ4v) is 0.617. The topological polar surface area (TPSA) is 0 Å². The molecule has 0 saturated carbocycles. The summed E-state index contributed by atoms with van der Waals surface area (Å²) in [5, 5.41) is 0. The van der Waals surface area contributed by atoms with E-state index in [1.165, 1.54) is 5.54 Å². The van der Waals surface area contributed by atoms with E-state index >= 15 is 0 Å². The first-order valence-electron chi connectivity index (χ1n) is 3.07. The van der Waals surface area contributed by atoms with Crippen molar-refractivity contribution in [2.24, 2.45) is 0 Å². The van der Waals surface area contributed by atoms with Gasteiger partial charge in [0.1, 0.15) is 0 Å². The second kappa shape index (κ2) is 6.37. The minimum absolute atomic E-state index is 1.01. The molecule has 0 bridgehead atoms. The zero-order valence-corrected chi connectivity index (χ0v) is 6.81. The Bertz CT molecular complexity index is 173. The molecular weight excluding hydrogens is 144 g/mol. The molecule has 0 atom stereocenters. The lowest BCUT2D eigenvalue weighted by atomic mass is 10.2. The van der Waals surface area contributed by atoms with E-state index in [1.54, 1.807) is 12.2 Å². The van der Waals surface area contributed by atoms with Gasteiger partial charge in [-0.25, -0.2) is 0 Å². The molecule has 0 radical (unpaired) electrons. The summed E-state index contributed by atoms with van der Waals surface area (Å²) in [6, 6.07) is 0. The number of rotatable bonds is 3. The smallest absolute Gasteiger partial charge is 0.00484 e. The first kappa shape index (κ1) is 9.25. The van der Waals surface area contributed by atoms with Crippen LogP contribution in [0, 0.1) is 0 Å². The van der Waals surface area contributed by atoms with Crippen molar-refractivity contribution in [2.45, 2.75) is 6.92 Å². The van der Waals surface area contributed by atoms with E-state index in [2.05, 4.69) is 6.58 Å². The van der Waals surface area contributed by atoms with Crippen LogP contribution in [0.4, 0.5) is 0 Å². The lowest BCUT2D eigenvalue weighted by molar-refractivity contribution is 1.67. The maximum atomic E-state index is 5.36. The van der Waals surface area contributed by atoms with Gasteiger partial charge in [0.15, 0.2) is 0 Å². The predicted octanol–water partition coefficient (Wildman–Crippen LogP) is 3.43. The zero-order valence-electron chi connectivity index (χ0n) is 6.05. The van der Waals surface area contributed by atoms with Crippen LogP contribution in [0.1, 0.15) is 6.92 Å². The van der Waals surface area contributed by atoms with Crippen molar-refractivity contribution in [1.82, 2.24) is 0 Å². The Morgan fingerprint density at radius 1 is 1.50 bits per heavy atom. The van der Waals surface area contributed by atoms with Crippen LogP contribution in [0.15, 0.2) is 48.1 Å². The number of hydrogen-bond donors (Lipinski definition) is 0. The molecule has 0 aliphatic heterocycles. The maximum Gasteiger partial charge on any atom is 0.00484 e. The molecule has 0 rings (SSSR count). The standard InChI is InChI=1S/C9H11Cl/c1-3-5-6-9(4-2)7-8-10/h3-8H,2H2,1H3/b5-3-,8-7+,9-6+. The minimum atomic E-state index is 1.01. The van der Waals surface area contributed by atoms with Crippen LogP contribution in [0.2, 0.25) is 0 Å². The van der Waals surface area contributed by atoms with Crippen molar-refractivity contribution in [3.63, 3.8) is 0 Å². The number of hydrogen-bond acceptors (Lipinski definition) is 0. The summed E-state index contributed by atoms with van der Waals surface area (Å²) in [6.45, 7) is 5.58. The Morgan fingerprint density at radius 2 is 2.20 bits per heavy atom. The van der Waals surface area contributed by atoms with Gasteiger partial charge in [-0.15, -0.1) is 0 Å². The predicted molar refractivity (Wildman–Crippen MR) is 48.1 cm³/mol. The summed E-state index contributed by atoms with van der Waals surface area (Å²) in [7, 11) is 0. The van der Waals surface area contributed by atoms with Crippen molar-refractivity contribution in [1.29, 1.82) is 0 Å². The molecule has 0 aromatic rings. The molecule has 54 valence electrons. The quantitative estimate of drug-likeness (QED) is 0.547. The summed E-state index contributed by atoms with van der Waals surface area (Å²) in [5.41, 5.74) is 2.48. The first-order chi connectivity index (χ1) is 4.85. The average Bonchev–Trinajstić information content (AvgIpc) is 1.98. The normalized spacial score (nSPS) is 13.2. The van der Waals surface area contributed by atoms with Gasteiger partial charge in [-0.1, -0.05) is 42.5 Å². The molecule has 10 heavy (non-hydrogen) atoms. The highest BCUT2D eigenvalue weighted by molar-refractivity contribution is 6.25. The molecule has 0 aromatic heterocycles. The van der Waals surface area contributed by atoms with Crippen LogP contribution < -0.4 is 0 Å². The Kier molecular flexibility index (Phi) is 5.89. The third-order valence-electron chi connectivity index (χ3n) is 0.972. The minimum Gasteiger partial charge on any atom is -0.0985 e. The second-order valence-electron chi connectivity index (χ2n) is 1.69. The SMILES string of the molecule is C=CC(/C=C/Cl)=C\C=C/C. The van der Waals surface area contributed by atoms with Crippen molar-refractivity contribution in [3.8, 4) is 0 Å². The molecule has 0 aliphatic carbocycles. The molecule has 0 aromatic carbocycles. The van der Waals surface area contributed by atoms with Gasteiger partial charge in [-0.2, -0.15) is 0 Å². The van der Waals surface area contributed by atoms with E-state index in [9.17, 15) is 0 Å². The van der Waals surface area contributed by atoms with Crippen LogP contribution in [0.5, 0.6) is 0 Å². The van der Waals surface area contributed by atoms with Crippen LogP contribution in [0.25, 0.3) is 0 Å². The summed E-state index contributed by atoms with van der Waals surface area (Å²) in [6.07, 6.45) is 9.36. The van der Waals surface area contributed by atoms with E-state index in [1.807, 2.05) is 25.2 Å². The monoisotopic (exact) mass is 154 g/mol. The van der Waals surface area contributed by atoms with Gasteiger partial charge in [-0.05, 0) is 18.6 Å². The summed E-state index contributed by atoms with van der Waals surface area (Å²) in [4.78, 5) is 0. The molecule has 0 fully saturated rings. The lowest BCUT2D eigenvalue weighted by Crippen LogP contribution is -1.65. The molecule has 0 N–H and O–H groups in total. The van der Waals surface area contributed by atoms with Crippen LogP contribution in [-0.4, -0.2) is 0 Å². The molecular formula is C9H11Cl. The fraction of sp³-hybridized carbons (Fsp3) is 0.111. The lowest BCUT2D eigenvalue weighted by Gasteiger charge is -1.85. The second-order valence-corrected chi connectivity index (χ2v) is 1.94. The molecule has 0 nitrogen and oxygen atoms in total. The zero-order chi connectivity index (χ0) is 7.82. The Morgan fingerprint density at radius 3 is 2.60 bits per heavy atom. The Hall–Kier alpha value is -0.750. The molecule has 0 aliphatic rings. The molecule has 0 amide bonds. The highest BCUT2D eigenvalue weighted by Crippen LogP contribution is 1.99. The van der Waals surface area contributed by atoms with Crippen molar-refractivity contribution in [3.05, 3.63) is 48.1 Å². The van der Waals surface area contributed by atoms with Gasteiger partial charge in [0.2, 0.25) is 0 Å². The van der Waals surface area contributed by atoms with Crippen molar-refractivity contribution >= 4 is 11.6 Å². The summed E-state index contributed by atoms with van der Waals surface area (Å²) >= 11 is 5.36. The molecule has 0 heterocycles. The highest BCUT2D eigenvalue weighted by atomic mass is 35.5.